The molecule has 1 aromatic carbocycles. The lowest BCUT2D eigenvalue weighted by Crippen LogP contribution is -2.40. The summed E-state index contributed by atoms with van der Waals surface area (Å²) < 4.78 is 19.5. The summed E-state index contributed by atoms with van der Waals surface area (Å²) in [6, 6.07) is 3.06. The van der Waals surface area contributed by atoms with Gasteiger partial charge in [0.15, 0.2) is 5.82 Å². The second-order valence-electron chi connectivity index (χ2n) is 6.32. The van der Waals surface area contributed by atoms with Crippen molar-refractivity contribution in [1.29, 1.82) is 0 Å². The second kappa shape index (κ2) is 7.85. The number of amides is 1. The fraction of sp³-hybridized carbons (Fsp3) is 0.562. The number of carbonyl (C=O) groups excluding carboxylic acids is 1. The number of carbonyl (C=O) groups is 1. The number of benzene rings is 1. The molecule has 4 N–H and O–H groups in total. The molecule has 0 unspecified atom stereocenters. The Morgan fingerprint density at radius 3 is 2.76 bits per heavy atom. The topological polar surface area (TPSA) is 89.1 Å². The number of ether oxygens (including phenoxy) is 1. The van der Waals surface area contributed by atoms with Gasteiger partial charge < -0.3 is 20.1 Å². The van der Waals surface area contributed by atoms with Crippen LogP contribution in [-0.4, -0.2) is 61.9 Å². The smallest absolute Gasteiger partial charge is 0.256 e. The van der Waals surface area contributed by atoms with Gasteiger partial charge in [0, 0.05) is 44.5 Å². The quantitative estimate of drug-likeness (QED) is 0.589. The van der Waals surface area contributed by atoms with Crippen molar-refractivity contribution in [3.05, 3.63) is 17.9 Å². The first-order chi connectivity index (χ1) is 12.1. The fourth-order valence-corrected chi connectivity index (χ4v) is 3.18. The number of piperidine rings is 1. The predicted octanol–water partition coefficient (Wildman–Crippen LogP) is 0.410. The van der Waals surface area contributed by atoms with Gasteiger partial charge >= 0.3 is 0 Å². The molecule has 138 valence electrons. The Morgan fingerprint density at radius 1 is 1.40 bits per heavy atom. The third kappa shape index (κ3) is 4.30. The minimum absolute atomic E-state index is 0.0433. The first-order valence-corrected chi connectivity index (χ1v) is 8.39. The predicted molar refractivity (Wildman–Crippen MR) is 91.6 cm³/mol. The van der Waals surface area contributed by atoms with Gasteiger partial charge in [0.2, 0.25) is 0 Å². The average Bonchev–Trinajstić information content (AvgIpc) is 2.99. The van der Waals surface area contributed by atoms with Crippen molar-refractivity contribution >= 4 is 17.3 Å². The van der Waals surface area contributed by atoms with E-state index in [1.165, 1.54) is 17.1 Å². The summed E-state index contributed by atoms with van der Waals surface area (Å²) in [4.78, 5) is 13.6. The summed E-state index contributed by atoms with van der Waals surface area (Å²) in [5.74, 6) is -1.10. The van der Waals surface area contributed by atoms with E-state index < -0.39 is 5.82 Å². The number of methoxy groups -OCH3 is 1. The average molecular weight is 353 g/mol. The lowest BCUT2D eigenvalue weighted by Gasteiger charge is -2.32. The number of likely N-dealkylation sites (tertiary alicyclic amines) is 1. The second-order valence-corrected chi connectivity index (χ2v) is 6.32. The van der Waals surface area contributed by atoms with E-state index >= 15 is 0 Å². The summed E-state index contributed by atoms with van der Waals surface area (Å²) in [5.41, 5.74) is 5.37. The fourth-order valence-electron chi connectivity index (χ4n) is 3.18. The maximum absolute atomic E-state index is 14.4. The molecule has 0 aliphatic carbocycles. The number of hydrogen-bond donors (Lipinski definition) is 4. The number of anilines is 2. The molecule has 9 heteroatoms. The Kier molecular flexibility index (Phi) is 5.57. The standard InChI is InChI=1S/C16H24FN5O3/c1-25-7-6-21-4-2-11(3-5-21)18-12-8-13(17)16(14(23)9-12)22-10-15(24)19-20-22/h8-9,11,18,20,23H,2-7,10H2,1H3,(H,19,24). The highest BCUT2D eigenvalue weighted by Gasteiger charge is 2.25. The van der Waals surface area contributed by atoms with Crippen LogP contribution in [0.15, 0.2) is 12.1 Å². The van der Waals surface area contributed by atoms with Crippen molar-refractivity contribution in [3.8, 4) is 5.75 Å². The van der Waals surface area contributed by atoms with Crippen LogP contribution in [0.25, 0.3) is 0 Å². The maximum atomic E-state index is 14.4. The normalized spacial score (nSPS) is 19.3. The van der Waals surface area contributed by atoms with Crippen molar-refractivity contribution in [1.82, 2.24) is 15.9 Å². The Bertz CT molecular complexity index is 599. The van der Waals surface area contributed by atoms with Crippen LogP contribution in [0.4, 0.5) is 15.8 Å². The van der Waals surface area contributed by atoms with E-state index in [1.807, 2.05) is 0 Å². The number of nitrogens with zero attached hydrogens (tertiary/aromatic N) is 2. The van der Waals surface area contributed by atoms with Gasteiger partial charge in [-0.2, -0.15) is 0 Å². The molecule has 3 rings (SSSR count). The van der Waals surface area contributed by atoms with Gasteiger partial charge in [-0.3, -0.25) is 15.2 Å². The summed E-state index contributed by atoms with van der Waals surface area (Å²) in [7, 11) is 1.70. The number of rotatable bonds is 6. The molecule has 2 fully saturated rings. The highest BCUT2D eigenvalue weighted by atomic mass is 19.1. The third-order valence-electron chi connectivity index (χ3n) is 4.52. The number of hydrogen-bond acceptors (Lipinski definition) is 7. The van der Waals surface area contributed by atoms with Crippen molar-refractivity contribution in [2.45, 2.75) is 18.9 Å². The summed E-state index contributed by atoms with van der Waals surface area (Å²) in [6.07, 6.45) is 1.89. The van der Waals surface area contributed by atoms with Crippen LogP contribution >= 0.6 is 0 Å². The minimum Gasteiger partial charge on any atom is -0.506 e. The van der Waals surface area contributed by atoms with E-state index in [4.69, 9.17) is 4.74 Å². The van der Waals surface area contributed by atoms with Crippen LogP contribution in [0.1, 0.15) is 12.8 Å². The summed E-state index contributed by atoms with van der Waals surface area (Å²) in [5, 5.41) is 14.7. The van der Waals surface area contributed by atoms with E-state index in [2.05, 4.69) is 21.2 Å². The first kappa shape index (κ1) is 17.7. The monoisotopic (exact) mass is 353 g/mol. The van der Waals surface area contributed by atoms with Crippen LogP contribution in [0, 0.1) is 5.82 Å². The number of aromatic hydroxyl groups is 1. The van der Waals surface area contributed by atoms with Gasteiger partial charge in [0.25, 0.3) is 5.91 Å². The molecule has 8 nitrogen and oxygen atoms in total. The molecular weight excluding hydrogens is 329 g/mol. The largest absolute Gasteiger partial charge is 0.506 e. The molecule has 0 atom stereocenters. The van der Waals surface area contributed by atoms with Crippen LogP contribution in [0.5, 0.6) is 5.75 Å². The van der Waals surface area contributed by atoms with E-state index in [9.17, 15) is 14.3 Å². The van der Waals surface area contributed by atoms with Gasteiger partial charge in [-0.1, -0.05) is 0 Å². The molecule has 2 saturated heterocycles. The highest BCUT2D eigenvalue weighted by molar-refractivity contribution is 5.84. The Hall–Kier alpha value is -2.10. The van der Waals surface area contributed by atoms with Crippen molar-refractivity contribution in [2.75, 3.05) is 50.2 Å². The van der Waals surface area contributed by atoms with Crippen molar-refractivity contribution in [2.24, 2.45) is 0 Å². The number of halogens is 1. The molecule has 0 radical (unpaired) electrons. The molecule has 2 aliphatic heterocycles. The Balaban J connectivity index is 1.60. The van der Waals surface area contributed by atoms with Crippen molar-refractivity contribution in [3.63, 3.8) is 0 Å². The molecule has 0 bridgehead atoms. The number of nitrogens with one attached hydrogen (secondary N) is 3. The van der Waals surface area contributed by atoms with Crippen LogP contribution in [-0.2, 0) is 9.53 Å². The van der Waals surface area contributed by atoms with E-state index in [0.717, 1.165) is 39.1 Å². The summed E-state index contributed by atoms with van der Waals surface area (Å²) in [6.45, 7) is 3.50. The van der Waals surface area contributed by atoms with Gasteiger partial charge in [0.1, 0.15) is 18.0 Å². The van der Waals surface area contributed by atoms with E-state index in [1.54, 1.807) is 7.11 Å². The van der Waals surface area contributed by atoms with E-state index in [0.29, 0.717) is 5.69 Å². The molecular formula is C16H24FN5O3. The summed E-state index contributed by atoms with van der Waals surface area (Å²) >= 11 is 0. The molecule has 2 aliphatic rings. The van der Waals surface area contributed by atoms with Gasteiger partial charge in [-0.15, -0.1) is 5.53 Å². The zero-order valence-electron chi connectivity index (χ0n) is 14.2. The minimum atomic E-state index is -0.593. The Morgan fingerprint density at radius 2 is 2.16 bits per heavy atom. The SMILES string of the molecule is COCCN1CCC(Nc2cc(O)c(N3CC(=O)NN3)c(F)c2)CC1. The van der Waals surface area contributed by atoms with Gasteiger partial charge in [-0.25, -0.2) is 4.39 Å². The molecule has 0 saturated carbocycles. The molecule has 0 aromatic heterocycles. The van der Waals surface area contributed by atoms with Crippen molar-refractivity contribution < 1.29 is 19.0 Å². The highest BCUT2D eigenvalue weighted by Crippen LogP contribution is 2.34. The third-order valence-corrected chi connectivity index (χ3v) is 4.52. The molecule has 1 aromatic rings. The van der Waals surface area contributed by atoms with Crippen LogP contribution in [0.3, 0.4) is 0 Å². The zero-order valence-corrected chi connectivity index (χ0v) is 14.2. The number of phenols is 1. The van der Waals surface area contributed by atoms with Gasteiger partial charge in [-0.05, 0) is 18.9 Å². The molecule has 1 amide bonds. The van der Waals surface area contributed by atoms with Crippen LogP contribution < -0.4 is 21.3 Å². The lowest BCUT2D eigenvalue weighted by molar-refractivity contribution is -0.118. The molecule has 25 heavy (non-hydrogen) atoms. The zero-order chi connectivity index (χ0) is 17.8. The van der Waals surface area contributed by atoms with Crippen LogP contribution in [0.2, 0.25) is 0 Å². The first-order valence-electron chi connectivity index (χ1n) is 8.39. The maximum Gasteiger partial charge on any atom is 0.256 e. The number of phenolic OH excluding ortho intramolecular Hbond substituents is 1. The van der Waals surface area contributed by atoms with Gasteiger partial charge in [0.05, 0.1) is 6.61 Å². The lowest BCUT2D eigenvalue weighted by atomic mass is 10.0. The van der Waals surface area contributed by atoms with E-state index in [-0.39, 0.29) is 29.9 Å². The Labute approximate surface area is 145 Å². The molecule has 0 spiro atoms. The number of hydrazine groups is 2. The molecule has 2 heterocycles.